The predicted octanol–water partition coefficient (Wildman–Crippen LogP) is 3.60. The quantitative estimate of drug-likeness (QED) is 0.517. The van der Waals surface area contributed by atoms with E-state index in [0.29, 0.717) is 5.75 Å². The molecule has 2 aromatic carbocycles. The lowest BCUT2D eigenvalue weighted by molar-refractivity contribution is -0.385. The molecule has 0 radical (unpaired) electrons. The molecule has 0 fully saturated rings. The van der Waals surface area contributed by atoms with Crippen LogP contribution in [0.2, 0.25) is 0 Å². The average Bonchev–Trinajstić information content (AvgIpc) is 2.46. The summed E-state index contributed by atoms with van der Waals surface area (Å²) in [5.74, 6) is 0.981. The Labute approximate surface area is 120 Å². The first-order valence-corrected chi connectivity index (χ1v) is 6.82. The summed E-state index contributed by atoms with van der Waals surface area (Å²) in [6, 6.07) is 11.8. The molecule has 0 aliphatic rings. The molecule has 0 spiro atoms. The first-order chi connectivity index (χ1) is 9.61. The number of hydrogen-bond acceptors (Lipinski definition) is 5. The Morgan fingerprint density at radius 3 is 2.70 bits per heavy atom. The van der Waals surface area contributed by atoms with Gasteiger partial charge < -0.3 is 9.84 Å². The van der Waals surface area contributed by atoms with Gasteiger partial charge in [0.1, 0.15) is 5.75 Å². The molecule has 0 heterocycles. The molecule has 20 heavy (non-hydrogen) atoms. The van der Waals surface area contributed by atoms with E-state index in [4.69, 9.17) is 4.74 Å². The maximum atomic E-state index is 10.9. The van der Waals surface area contributed by atoms with Crippen molar-refractivity contribution in [3.63, 3.8) is 0 Å². The molecule has 0 atom stereocenters. The number of phenolic OH excluding ortho intramolecular Hbond substituents is 1. The van der Waals surface area contributed by atoms with Crippen LogP contribution in [0.5, 0.6) is 11.5 Å². The van der Waals surface area contributed by atoms with Crippen molar-refractivity contribution < 1.29 is 14.8 Å². The molecule has 0 aliphatic carbocycles. The van der Waals surface area contributed by atoms with Crippen molar-refractivity contribution in [1.82, 2.24) is 0 Å². The summed E-state index contributed by atoms with van der Waals surface area (Å²) in [4.78, 5) is 11.2. The first-order valence-electron chi connectivity index (χ1n) is 5.84. The number of nitrogens with zero attached hydrogens (tertiary/aromatic N) is 1. The lowest BCUT2D eigenvalue weighted by atomic mass is 10.2. The van der Waals surface area contributed by atoms with Gasteiger partial charge in [0, 0.05) is 16.7 Å². The third-order valence-corrected chi connectivity index (χ3v) is 3.83. The summed E-state index contributed by atoms with van der Waals surface area (Å²) >= 11 is 1.42. The fourth-order valence-electron chi connectivity index (χ4n) is 1.71. The molecule has 5 nitrogen and oxygen atoms in total. The van der Waals surface area contributed by atoms with Crippen LogP contribution in [0.3, 0.4) is 0 Å². The summed E-state index contributed by atoms with van der Waals surface area (Å²) < 4.78 is 4.96. The van der Waals surface area contributed by atoms with E-state index < -0.39 is 4.92 Å². The van der Waals surface area contributed by atoms with Gasteiger partial charge in [0.05, 0.1) is 12.0 Å². The number of rotatable bonds is 5. The zero-order valence-corrected chi connectivity index (χ0v) is 11.6. The van der Waals surface area contributed by atoms with E-state index in [9.17, 15) is 15.2 Å². The molecule has 0 aromatic heterocycles. The summed E-state index contributed by atoms with van der Waals surface area (Å²) in [6.07, 6.45) is 0. The van der Waals surface area contributed by atoms with E-state index in [-0.39, 0.29) is 17.2 Å². The fourth-order valence-corrected chi connectivity index (χ4v) is 2.60. The summed E-state index contributed by atoms with van der Waals surface area (Å²) in [7, 11) is 1.40. The first kappa shape index (κ1) is 14.2. The maximum Gasteiger partial charge on any atom is 0.311 e. The van der Waals surface area contributed by atoms with E-state index >= 15 is 0 Å². The van der Waals surface area contributed by atoms with Crippen LogP contribution in [-0.2, 0) is 5.75 Å². The number of aromatic hydroxyl groups is 1. The molecule has 104 valence electrons. The maximum absolute atomic E-state index is 10.9. The number of phenols is 1. The van der Waals surface area contributed by atoms with Crippen LogP contribution in [0.25, 0.3) is 0 Å². The highest BCUT2D eigenvalue weighted by atomic mass is 32.2. The Morgan fingerprint density at radius 2 is 2.05 bits per heavy atom. The molecule has 0 bridgehead atoms. The topological polar surface area (TPSA) is 72.6 Å². The van der Waals surface area contributed by atoms with Crippen LogP contribution in [-0.4, -0.2) is 17.1 Å². The van der Waals surface area contributed by atoms with Gasteiger partial charge in [-0.3, -0.25) is 10.1 Å². The van der Waals surface area contributed by atoms with Crippen molar-refractivity contribution >= 4 is 17.4 Å². The Balaban J connectivity index is 2.16. The van der Waals surface area contributed by atoms with Gasteiger partial charge in [0.15, 0.2) is 5.75 Å². The van der Waals surface area contributed by atoms with Crippen LogP contribution in [0.1, 0.15) is 5.56 Å². The number of nitro groups is 1. The summed E-state index contributed by atoms with van der Waals surface area (Å²) in [6.45, 7) is 0. The molecule has 0 saturated carbocycles. The SMILES string of the molecule is COc1ccc(CSc2ccccc2O)cc1[N+](=O)[O-]. The number of ether oxygens (including phenoxy) is 1. The highest BCUT2D eigenvalue weighted by Crippen LogP contribution is 2.33. The molecule has 2 aromatic rings. The van der Waals surface area contributed by atoms with Crippen LogP contribution < -0.4 is 4.74 Å². The number of para-hydroxylation sites is 1. The van der Waals surface area contributed by atoms with Crippen LogP contribution in [0, 0.1) is 10.1 Å². The van der Waals surface area contributed by atoms with E-state index in [1.54, 1.807) is 30.3 Å². The smallest absolute Gasteiger partial charge is 0.311 e. The Bertz CT molecular complexity index is 630. The fraction of sp³-hybridized carbons (Fsp3) is 0.143. The molecule has 0 saturated heterocycles. The highest BCUT2D eigenvalue weighted by molar-refractivity contribution is 7.98. The Morgan fingerprint density at radius 1 is 1.30 bits per heavy atom. The Kier molecular flexibility index (Phi) is 4.47. The normalized spacial score (nSPS) is 10.2. The molecule has 0 amide bonds. The number of thioether (sulfide) groups is 1. The molecule has 2 rings (SSSR count). The van der Waals surface area contributed by atoms with Crippen molar-refractivity contribution in [2.75, 3.05) is 7.11 Å². The van der Waals surface area contributed by atoms with Crippen molar-refractivity contribution in [2.24, 2.45) is 0 Å². The van der Waals surface area contributed by atoms with E-state index in [0.717, 1.165) is 10.5 Å². The molecule has 0 aliphatic heterocycles. The lowest BCUT2D eigenvalue weighted by Gasteiger charge is -2.06. The molecule has 1 N–H and O–H groups in total. The van der Waals surface area contributed by atoms with E-state index in [1.165, 1.54) is 24.9 Å². The van der Waals surface area contributed by atoms with Gasteiger partial charge in [0.25, 0.3) is 0 Å². The van der Waals surface area contributed by atoms with Gasteiger partial charge in [-0.15, -0.1) is 11.8 Å². The third-order valence-electron chi connectivity index (χ3n) is 2.70. The minimum Gasteiger partial charge on any atom is -0.507 e. The summed E-state index contributed by atoms with van der Waals surface area (Å²) in [5.41, 5.74) is 0.744. The second kappa shape index (κ2) is 6.29. The van der Waals surface area contributed by atoms with Gasteiger partial charge in [-0.05, 0) is 23.8 Å². The number of methoxy groups -OCH3 is 1. The zero-order chi connectivity index (χ0) is 14.5. The number of benzene rings is 2. The van der Waals surface area contributed by atoms with Gasteiger partial charge in [-0.2, -0.15) is 0 Å². The van der Waals surface area contributed by atoms with Gasteiger partial charge in [-0.1, -0.05) is 18.2 Å². The van der Waals surface area contributed by atoms with Crippen molar-refractivity contribution in [1.29, 1.82) is 0 Å². The van der Waals surface area contributed by atoms with Crippen LogP contribution in [0.15, 0.2) is 47.4 Å². The zero-order valence-electron chi connectivity index (χ0n) is 10.8. The van der Waals surface area contributed by atoms with Crippen molar-refractivity contribution in [2.45, 2.75) is 10.6 Å². The lowest BCUT2D eigenvalue weighted by Crippen LogP contribution is -1.95. The summed E-state index contributed by atoms with van der Waals surface area (Å²) in [5, 5.41) is 20.6. The van der Waals surface area contributed by atoms with E-state index in [2.05, 4.69) is 0 Å². The monoisotopic (exact) mass is 291 g/mol. The standard InChI is InChI=1S/C14H13NO4S/c1-19-13-7-6-10(8-11(13)15(17)18)9-20-14-5-3-2-4-12(14)16/h2-8,16H,9H2,1H3. The van der Waals surface area contributed by atoms with Gasteiger partial charge >= 0.3 is 5.69 Å². The molecule has 0 unspecified atom stereocenters. The highest BCUT2D eigenvalue weighted by Gasteiger charge is 2.15. The van der Waals surface area contributed by atoms with Gasteiger partial charge in [-0.25, -0.2) is 0 Å². The minimum atomic E-state index is -0.465. The van der Waals surface area contributed by atoms with E-state index in [1.807, 2.05) is 6.07 Å². The molecule has 6 heteroatoms. The minimum absolute atomic E-state index is 0.0529. The molecular weight excluding hydrogens is 278 g/mol. The second-order valence-electron chi connectivity index (χ2n) is 4.02. The number of nitro benzene ring substituents is 1. The average molecular weight is 291 g/mol. The number of hydrogen-bond donors (Lipinski definition) is 1. The predicted molar refractivity (Wildman–Crippen MR) is 77.3 cm³/mol. The third kappa shape index (κ3) is 3.21. The van der Waals surface area contributed by atoms with Crippen molar-refractivity contribution in [3.8, 4) is 11.5 Å². The second-order valence-corrected chi connectivity index (χ2v) is 5.04. The van der Waals surface area contributed by atoms with Crippen LogP contribution in [0.4, 0.5) is 5.69 Å². The van der Waals surface area contributed by atoms with Gasteiger partial charge in [0.2, 0.25) is 0 Å². The van der Waals surface area contributed by atoms with Crippen molar-refractivity contribution in [3.05, 3.63) is 58.1 Å². The Hall–Kier alpha value is -2.21. The largest absolute Gasteiger partial charge is 0.507 e. The molecular formula is C14H13NO4S. The van der Waals surface area contributed by atoms with Crippen LogP contribution >= 0.6 is 11.8 Å².